The van der Waals surface area contributed by atoms with E-state index in [4.69, 9.17) is 37.9 Å². The van der Waals surface area contributed by atoms with Crippen LogP contribution in [-0.4, -0.2) is 168 Å². The molecule has 0 saturated heterocycles. The predicted molar refractivity (Wildman–Crippen MR) is 194 cm³/mol. The van der Waals surface area contributed by atoms with Crippen molar-refractivity contribution in [3.8, 4) is 11.4 Å². The number of ether oxygens (including phenoxy) is 8. The van der Waals surface area contributed by atoms with Gasteiger partial charge in [0.25, 0.3) is 11.8 Å². The standard InChI is InChI=1S/C36H53N7O12/c1-29-39-41-36(42-40-29)31-4-2-30(3-5-31)28-38-33(45)9-12-48-14-16-50-18-20-52-22-24-54-26-27-55-25-23-53-21-19-51-17-15-49-13-10-37-32(44)8-11-43-34(46)6-7-35(43)47/h2-7H,8-28H2,1H3,(H,37,44)(H,38,45). The van der Waals surface area contributed by atoms with Crippen LogP contribution in [-0.2, 0) is 63.6 Å². The zero-order chi connectivity index (χ0) is 39.2. The molecule has 4 amide bonds. The molecule has 55 heavy (non-hydrogen) atoms. The summed E-state index contributed by atoms with van der Waals surface area (Å²) in [5, 5.41) is 21.4. The minimum atomic E-state index is -0.402. The van der Waals surface area contributed by atoms with Crippen molar-refractivity contribution in [2.75, 3.05) is 119 Å². The first-order valence-electron chi connectivity index (χ1n) is 18.2. The van der Waals surface area contributed by atoms with E-state index in [1.807, 2.05) is 24.3 Å². The third-order valence-electron chi connectivity index (χ3n) is 7.39. The summed E-state index contributed by atoms with van der Waals surface area (Å²) in [6.07, 6.45) is 2.68. The van der Waals surface area contributed by atoms with E-state index in [2.05, 4.69) is 31.0 Å². The number of aromatic nitrogens is 4. The summed E-state index contributed by atoms with van der Waals surface area (Å²) in [6, 6.07) is 7.52. The van der Waals surface area contributed by atoms with Gasteiger partial charge in [-0.2, -0.15) is 0 Å². The molecule has 0 saturated carbocycles. The first kappa shape index (κ1) is 45.1. The Bertz CT molecular complexity index is 1400. The van der Waals surface area contributed by atoms with Gasteiger partial charge in [-0.05, 0) is 12.5 Å². The van der Waals surface area contributed by atoms with Crippen molar-refractivity contribution < 1.29 is 57.1 Å². The average Bonchev–Trinajstić information content (AvgIpc) is 3.52. The molecule has 2 aromatic rings. The number of carbonyl (C=O) groups excluding carboxylic acids is 4. The lowest BCUT2D eigenvalue weighted by molar-refractivity contribution is -0.137. The molecule has 0 bridgehead atoms. The molecule has 1 aliphatic rings. The first-order chi connectivity index (χ1) is 26.9. The van der Waals surface area contributed by atoms with Crippen LogP contribution in [0.4, 0.5) is 0 Å². The molecule has 1 aromatic carbocycles. The Morgan fingerprint density at radius 1 is 0.545 bits per heavy atom. The smallest absolute Gasteiger partial charge is 0.253 e. The first-order valence-corrected chi connectivity index (χ1v) is 18.2. The Morgan fingerprint density at radius 2 is 0.964 bits per heavy atom. The second-order valence-electron chi connectivity index (χ2n) is 11.7. The summed E-state index contributed by atoms with van der Waals surface area (Å²) in [7, 11) is 0. The summed E-state index contributed by atoms with van der Waals surface area (Å²) in [6.45, 7) is 9.15. The maximum absolute atomic E-state index is 12.1. The summed E-state index contributed by atoms with van der Waals surface area (Å²) in [5.74, 6) is -0.199. The van der Waals surface area contributed by atoms with E-state index in [0.29, 0.717) is 130 Å². The minimum Gasteiger partial charge on any atom is -0.379 e. The highest BCUT2D eigenvalue weighted by Gasteiger charge is 2.23. The summed E-state index contributed by atoms with van der Waals surface area (Å²) in [5.41, 5.74) is 1.75. The van der Waals surface area contributed by atoms with Crippen molar-refractivity contribution in [2.45, 2.75) is 26.3 Å². The van der Waals surface area contributed by atoms with Gasteiger partial charge in [-0.25, -0.2) is 0 Å². The van der Waals surface area contributed by atoms with Gasteiger partial charge in [0.1, 0.15) is 0 Å². The monoisotopic (exact) mass is 775 g/mol. The van der Waals surface area contributed by atoms with Crippen molar-refractivity contribution in [1.29, 1.82) is 0 Å². The lowest BCUT2D eigenvalue weighted by Gasteiger charge is -2.13. The molecule has 0 fully saturated rings. The van der Waals surface area contributed by atoms with E-state index in [1.54, 1.807) is 6.92 Å². The molecular formula is C36H53N7O12. The van der Waals surface area contributed by atoms with Crippen molar-refractivity contribution in [3.05, 3.63) is 47.8 Å². The molecule has 0 atom stereocenters. The molecule has 1 aromatic heterocycles. The van der Waals surface area contributed by atoms with E-state index in [9.17, 15) is 19.2 Å². The lowest BCUT2D eigenvalue weighted by Crippen LogP contribution is -2.35. The van der Waals surface area contributed by atoms with Crippen LogP contribution < -0.4 is 10.6 Å². The molecule has 19 heteroatoms. The van der Waals surface area contributed by atoms with Gasteiger partial charge in [-0.1, -0.05) is 24.3 Å². The number of nitrogens with zero attached hydrogens (tertiary/aromatic N) is 5. The van der Waals surface area contributed by atoms with E-state index < -0.39 is 11.8 Å². The highest BCUT2D eigenvalue weighted by Crippen LogP contribution is 2.14. The van der Waals surface area contributed by atoms with Crippen LogP contribution in [0.5, 0.6) is 0 Å². The van der Waals surface area contributed by atoms with Crippen LogP contribution in [0.25, 0.3) is 11.4 Å². The van der Waals surface area contributed by atoms with Gasteiger partial charge in [0.2, 0.25) is 17.6 Å². The molecule has 304 valence electrons. The SMILES string of the molecule is Cc1nnc(-c2ccc(CNC(=O)CCOCCOCCOCCOCCOCCOCCOCCOCCNC(=O)CCN3C(=O)C=CC3=O)cc2)nn1. The van der Waals surface area contributed by atoms with Crippen molar-refractivity contribution in [2.24, 2.45) is 0 Å². The van der Waals surface area contributed by atoms with Gasteiger partial charge < -0.3 is 48.5 Å². The Hall–Kier alpha value is -4.34. The van der Waals surface area contributed by atoms with Gasteiger partial charge in [-0.3, -0.25) is 24.1 Å². The second kappa shape index (κ2) is 29.0. The molecule has 2 N–H and O–H groups in total. The summed E-state index contributed by atoms with van der Waals surface area (Å²) < 4.78 is 43.7. The maximum atomic E-state index is 12.1. The zero-order valence-electron chi connectivity index (χ0n) is 31.4. The molecule has 2 heterocycles. The number of carbonyl (C=O) groups is 4. The third kappa shape index (κ3) is 21.4. The average molecular weight is 776 g/mol. The normalized spacial score (nSPS) is 12.5. The molecule has 1 aliphatic heterocycles. The number of amides is 4. The zero-order valence-corrected chi connectivity index (χ0v) is 31.4. The molecule has 0 radical (unpaired) electrons. The molecule has 0 unspecified atom stereocenters. The van der Waals surface area contributed by atoms with Crippen LogP contribution in [0.15, 0.2) is 36.4 Å². The largest absolute Gasteiger partial charge is 0.379 e. The van der Waals surface area contributed by atoms with Crippen LogP contribution >= 0.6 is 0 Å². The molecule has 0 aliphatic carbocycles. The molecule has 19 nitrogen and oxygen atoms in total. The quantitative estimate of drug-likeness (QED) is 0.0709. The Morgan fingerprint density at radius 3 is 1.44 bits per heavy atom. The van der Waals surface area contributed by atoms with Gasteiger partial charge >= 0.3 is 0 Å². The number of hydrogen-bond acceptors (Lipinski definition) is 16. The van der Waals surface area contributed by atoms with Crippen LogP contribution in [0, 0.1) is 6.92 Å². The number of benzene rings is 1. The molecule has 0 spiro atoms. The number of nitrogens with one attached hydrogen (secondary N) is 2. The fourth-order valence-corrected chi connectivity index (χ4v) is 4.48. The van der Waals surface area contributed by atoms with Crippen LogP contribution in [0.3, 0.4) is 0 Å². The topological polar surface area (TPSA) is 221 Å². The third-order valence-corrected chi connectivity index (χ3v) is 7.39. The van der Waals surface area contributed by atoms with Gasteiger partial charge in [0.15, 0.2) is 5.82 Å². The highest BCUT2D eigenvalue weighted by molar-refractivity contribution is 6.13. The fraction of sp³-hybridized carbons (Fsp3) is 0.611. The summed E-state index contributed by atoms with van der Waals surface area (Å²) in [4.78, 5) is 47.8. The number of aryl methyl sites for hydroxylation is 1. The number of hydrogen-bond donors (Lipinski definition) is 2. The van der Waals surface area contributed by atoms with Crippen molar-refractivity contribution in [3.63, 3.8) is 0 Å². The van der Waals surface area contributed by atoms with E-state index in [0.717, 1.165) is 16.0 Å². The number of imide groups is 1. The molecular weight excluding hydrogens is 722 g/mol. The summed E-state index contributed by atoms with van der Waals surface area (Å²) >= 11 is 0. The van der Waals surface area contributed by atoms with Gasteiger partial charge in [-0.15, -0.1) is 20.4 Å². The van der Waals surface area contributed by atoms with Crippen molar-refractivity contribution >= 4 is 23.6 Å². The number of rotatable bonds is 33. The van der Waals surface area contributed by atoms with Crippen LogP contribution in [0.1, 0.15) is 24.2 Å². The van der Waals surface area contributed by atoms with Crippen LogP contribution in [0.2, 0.25) is 0 Å². The Balaban J connectivity index is 0.952. The fourth-order valence-electron chi connectivity index (χ4n) is 4.48. The van der Waals surface area contributed by atoms with Gasteiger partial charge in [0, 0.05) is 50.2 Å². The second-order valence-corrected chi connectivity index (χ2v) is 11.7. The highest BCUT2D eigenvalue weighted by atomic mass is 16.6. The maximum Gasteiger partial charge on any atom is 0.253 e. The lowest BCUT2D eigenvalue weighted by atomic mass is 10.1. The van der Waals surface area contributed by atoms with E-state index in [-0.39, 0.29) is 31.2 Å². The van der Waals surface area contributed by atoms with Gasteiger partial charge in [0.05, 0.1) is 106 Å². The predicted octanol–water partition coefficient (Wildman–Crippen LogP) is -0.188. The Kier molecular flexibility index (Phi) is 23.8. The van der Waals surface area contributed by atoms with E-state index in [1.165, 1.54) is 12.2 Å². The van der Waals surface area contributed by atoms with E-state index >= 15 is 0 Å². The molecule has 3 rings (SSSR count). The van der Waals surface area contributed by atoms with Crippen molar-refractivity contribution in [1.82, 2.24) is 35.9 Å². The Labute approximate surface area is 320 Å². The minimum absolute atomic E-state index is 0.0463.